The van der Waals surface area contributed by atoms with Crippen molar-refractivity contribution < 1.29 is 23.6 Å². The van der Waals surface area contributed by atoms with Gasteiger partial charge in [-0.15, -0.1) is 0 Å². The Hall–Kier alpha value is -4.61. The van der Waals surface area contributed by atoms with Crippen LogP contribution in [0.5, 0.6) is 5.75 Å². The van der Waals surface area contributed by atoms with Gasteiger partial charge in [-0.25, -0.2) is 19.8 Å². The fourth-order valence-corrected chi connectivity index (χ4v) is 3.03. The van der Waals surface area contributed by atoms with Crippen molar-refractivity contribution in [2.75, 3.05) is 19.5 Å². The summed E-state index contributed by atoms with van der Waals surface area (Å²) in [7, 11) is 2.51. The molecular weight excluding hydrogens is 435 g/mol. The molecule has 0 spiro atoms. The first-order chi connectivity index (χ1) is 15.8. The van der Waals surface area contributed by atoms with E-state index in [4.69, 9.17) is 9.47 Å². The Morgan fingerprint density at radius 2 is 2.09 bits per heavy atom. The minimum atomic E-state index is -1.06. The van der Waals surface area contributed by atoms with Crippen LogP contribution in [0.3, 0.4) is 0 Å². The molecule has 0 fully saturated rings. The first-order valence-corrected chi connectivity index (χ1v) is 9.37. The summed E-state index contributed by atoms with van der Waals surface area (Å²) in [5.41, 5.74) is 0.746. The number of nitro benzene ring substituents is 1. The van der Waals surface area contributed by atoms with Crippen LogP contribution in [0.4, 0.5) is 21.7 Å². The topological polar surface area (TPSA) is 132 Å². The summed E-state index contributed by atoms with van der Waals surface area (Å²) in [6, 6.07) is 1.85. The molecule has 1 aromatic carbocycles. The van der Waals surface area contributed by atoms with E-state index in [1.54, 1.807) is 31.4 Å². The van der Waals surface area contributed by atoms with Crippen molar-refractivity contribution in [3.63, 3.8) is 0 Å². The van der Waals surface area contributed by atoms with Gasteiger partial charge in [-0.05, 0) is 19.1 Å². The van der Waals surface area contributed by atoms with Crippen LogP contribution in [-0.2, 0) is 4.74 Å². The third-order valence-electron chi connectivity index (χ3n) is 4.64. The normalized spacial score (nSPS) is 14.0. The first-order valence-electron chi connectivity index (χ1n) is 9.37. The Labute approximate surface area is 187 Å². The molecule has 0 atom stereocenters. The SMILES string of the molecule is C=NN1C=CC=C/C1=C(/C)c1nc(Nc2cc([N+](=O)[O-])c(F)cc2OC)ncc1C(=O)OC. The third kappa shape index (κ3) is 4.69. The van der Waals surface area contributed by atoms with Gasteiger partial charge in [-0.1, -0.05) is 6.08 Å². The second-order valence-electron chi connectivity index (χ2n) is 6.53. The molecule has 1 aromatic heterocycles. The average molecular weight is 454 g/mol. The number of methoxy groups -OCH3 is 2. The van der Waals surface area contributed by atoms with E-state index in [9.17, 15) is 19.3 Å². The monoisotopic (exact) mass is 454 g/mol. The molecule has 2 aromatic rings. The molecule has 2 heterocycles. The fraction of sp³-hybridized carbons (Fsp3) is 0.143. The van der Waals surface area contributed by atoms with Crippen LogP contribution in [0.25, 0.3) is 5.57 Å². The molecule has 0 unspecified atom stereocenters. The molecule has 1 aliphatic rings. The van der Waals surface area contributed by atoms with E-state index in [0.717, 1.165) is 12.1 Å². The zero-order valence-corrected chi connectivity index (χ0v) is 17.9. The maximum atomic E-state index is 14.0. The van der Waals surface area contributed by atoms with Gasteiger partial charge in [0.1, 0.15) is 11.3 Å². The van der Waals surface area contributed by atoms with Crippen LogP contribution in [0, 0.1) is 15.9 Å². The number of anilines is 2. The molecule has 0 bridgehead atoms. The van der Waals surface area contributed by atoms with Gasteiger partial charge in [0.25, 0.3) is 0 Å². The van der Waals surface area contributed by atoms with E-state index >= 15 is 0 Å². The van der Waals surface area contributed by atoms with E-state index < -0.39 is 22.4 Å². The standard InChI is InChI=1S/C21H19FN6O5/c1-12(16-7-5-6-8-27(16)23-2)19-13(20(29)33-4)11-24-21(26-19)25-15-10-17(28(30)31)14(22)9-18(15)32-3/h5-11H,2H2,1,3-4H3,(H,24,25,26)/b16-12+. The minimum absolute atomic E-state index is 0.00208. The molecular formula is C21H19FN6O5. The summed E-state index contributed by atoms with van der Waals surface area (Å²) in [4.78, 5) is 31.1. The lowest BCUT2D eigenvalue weighted by atomic mass is 10.1. The molecule has 11 nitrogen and oxygen atoms in total. The van der Waals surface area contributed by atoms with Gasteiger partial charge in [0.2, 0.25) is 11.8 Å². The Morgan fingerprint density at radius 3 is 2.73 bits per heavy atom. The Morgan fingerprint density at radius 1 is 1.33 bits per heavy atom. The van der Waals surface area contributed by atoms with Gasteiger partial charge >= 0.3 is 11.7 Å². The Balaban J connectivity index is 2.14. The largest absolute Gasteiger partial charge is 0.494 e. The maximum Gasteiger partial charge on any atom is 0.341 e. The molecule has 0 saturated heterocycles. The van der Waals surface area contributed by atoms with Crippen molar-refractivity contribution in [1.29, 1.82) is 0 Å². The fourth-order valence-electron chi connectivity index (χ4n) is 3.03. The van der Waals surface area contributed by atoms with Crippen LogP contribution in [0.2, 0.25) is 0 Å². The van der Waals surface area contributed by atoms with Crippen LogP contribution in [0.15, 0.2) is 53.6 Å². The summed E-state index contributed by atoms with van der Waals surface area (Å²) in [5, 5.41) is 19.3. The van der Waals surface area contributed by atoms with Crippen molar-refractivity contribution in [2.45, 2.75) is 6.92 Å². The minimum Gasteiger partial charge on any atom is -0.494 e. The lowest BCUT2D eigenvalue weighted by Crippen LogP contribution is -2.15. The third-order valence-corrected chi connectivity index (χ3v) is 4.64. The number of nitrogens with one attached hydrogen (secondary N) is 1. The van der Waals surface area contributed by atoms with Gasteiger partial charge in [0, 0.05) is 36.8 Å². The predicted molar refractivity (Wildman–Crippen MR) is 119 cm³/mol. The number of halogens is 1. The smallest absolute Gasteiger partial charge is 0.341 e. The second kappa shape index (κ2) is 9.68. The number of rotatable bonds is 7. The van der Waals surface area contributed by atoms with Gasteiger partial charge < -0.3 is 14.8 Å². The number of aromatic nitrogens is 2. The van der Waals surface area contributed by atoms with Gasteiger partial charge in [0.05, 0.1) is 36.2 Å². The zero-order valence-electron chi connectivity index (χ0n) is 17.9. The molecule has 0 saturated carbocycles. The highest BCUT2D eigenvalue weighted by molar-refractivity contribution is 5.94. The van der Waals surface area contributed by atoms with Crippen molar-refractivity contribution >= 4 is 35.6 Å². The maximum absolute atomic E-state index is 14.0. The van der Waals surface area contributed by atoms with E-state index in [1.165, 1.54) is 25.4 Å². The number of nitro groups is 1. The van der Waals surface area contributed by atoms with E-state index in [0.29, 0.717) is 11.3 Å². The molecule has 0 amide bonds. The molecule has 0 radical (unpaired) electrons. The van der Waals surface area contributed by atoms with Gasteiger partial charge in [-0.3, -0.25) is 10.1 Å². The van der Waals surface area contributed by atoms with Crippen molar-refractivity contribution in [2.24, 2.45) is 5.10 Å². The van der Waals surface area contributed by atoms with Crippen molar-refractivity contribution in [1.82, 2.24) is 15.0 Å². The lowest BCUT2D eigenvalue weighted by Gasteiger charge is -2.21. The number of carbonyl (C=O) groups is 1. The van der Waals surface area contributed by atoms with Gasteiger partial charge in [0.15, 0.2) is 0 Å². The van der Waals surface area contributed by atoms with Crippen LogP contribution in [0.1, 0.15) is 23.0 Å². The van der Waals surface area contributed by atoms with Crippen LogP contribution >= 0.6 is 0 Å². The number of ether oxygens (including phenoxy) is 2. The molecule has 12 heteroatoms. The molecule has 170 valence electrons. The summed E-state index contributed by atoms with van der Waals surface area (Å²) < 4.78 is 23.9. The number of nitrogens with zero attached hydrogens (tertiary/aromatic N) is 5. The highest BCUT2D eigenvalue weighted by Crippen LogP contribution is 2.34. The molecule has 1 N–H and O–H groups in total. The summed E-state index contributed by atoms with van der Waals surface area (Å²) in [6.07, 6.45) is 8.22. The average Bonchev–Trinajstić information content (AvgIpc) is 2.83. The number of benzene rings is 1. The predicted octanol–water partition coefficient (Wildman–Crippen LogP) is 3.79. The summed E-state index contributed by atoms with van der Waals surface area (Å²) in [5.74, 6) is -1.75. The van der Waals surface area contributed by atoms with Crippen molar-refractivity contribution in [3.8, 4) is 5.75 Å². The lowest BCUT2D eigenvalue weighted by molar-refractivity contribution is -0.387. The van der Waals surface area contributed by atoms with Crippen LogP contribution < -0.4 is 10.1 Å². The van der Waals surface area contributed by atoms with E-state index in [2.05, 4.69) is 27.1 Å². The number of esters is 1. The molecule has 33 heavy (non-hydrogen) atoms. The number of allylic oxidation sites excluding steroid dienone is 4. The van der Waals surface area contributed by atoms with E-state index in [1.807, 2.05) is 0 Å². The number of carbonyl (C=O) groups excluding carboxylic acids is 1. The number of hydrogen-bond acceptors (Lipinski definition) is 10. The molecule has 0 aliphatic carbocycles. The van der Waals surface area contributed by atoms with Crippen LogP contribution in [-0.4, -0.2) is 46.8 Å². The highest BCUT2D eigenvalue weighted by atomic mass is 19.1. The van der Waals surface area contributed by atoms with E-state index in [-0.39, 0.29) is 28.6 Å². The quantitative estimate of drug-likeness (QED) is 0.287. The zero-order chi connectivity index (χ0) is 24.1. The Bertz CT molecular complexity index is 1220. The second-order valence-corrected chi connectivity index (χ2v) is 6.53. The summed E-state index contributed by atoms with van der Waals surface area (Å²) in [6.45, 7) is 5.25. The van der Waals surface area contributed by atoms with Gasteiger partial charge in [-0.2, -0.15) is 9.49 Å². The summed E-state index contributed by atoms with van der Waals surface area (Å²) >= 11 is 0. The first kappa shape index (κ1) is 23.1. The highest BCUT2D eigenvalue weighted by Gasteiger charge is 2.23. The molecule has 3 rings (SSSR count). The number of hydrazone groups is 1. The number of hydrogen-bond donors (Lipinski definition) is 1. The Kier molecular flexibility index (Phi) is 6.77. The molecule has 1 aliphatic heterocycles. The van der Waals surface area contributed by atoms with Crippen molar-refractivity contribution in [3.05, 3.63) is 75.6 Å².